The molecule has 0 aliphatic carbocycles. The second kappa shape index (κ2) is 5.51. The smallest absolute Gasteiger partial charge is 0.405 e. The Morgan fingerprint density at radius 1 is 0.727 bits per heavy atom. The first-order valence-corrected chi connectivity index (χ1v) is 5.80. The van der Waals surface area contributed by atoms with Crippen molar-refractivity contribution in [2.45, 2.75) is 12.5 Å². The maximum Gasteiger partial charge on any atom is 0.573 e. The molecule has 0 spiro atoms. The molecule has 0 N–H and O–H groups in total. The number of hydrogen-bond acceptors (Lipinski definition) is 1. The fourth-order valence-corrected chi connectivity index (χ4v) is 1.86. The van der Waals surface area contributed by atoms with Gasteiger partial charge in [-0.2, -0.15) is 13.2 Å². The molecule has 0 amide bonds. The normalized spacial score (nSPS) is 12.3. The van der Waals surface area contributed by atoms with Gasteiger partial charge in [0, 0.05) is 11.1 Å². The molecule has 0 heterocycles. The van der Waals surface area contributed by atoms with Crippen molar-refractivity contribution >= 4 is 0 Å². The predicted octanol–water partition coefficient (Wildman–Crippen LogP) is 5.41. The van der Waals surface area contributed by atoms with E-state index >= 15 is 0 Å². The van der Waals surface area contributed by atoms with Gasteiger partial charge in [-0.05, 0) is 12.1 Å². The first kappa shape index (κ1) is 16.1. The lowest BCUT2D eigenvalue weighted by Gasteiger charge is -2.15. The van der Waals surface area contributed by atoms with Gasteiger partial charge in [-0.15, -0.1) is 13.2 Å². The van der Waals surface area contributed by atoms with Crippen molar-refractivity contribution in [3.05, 3.63) is 53.8 Å². The largest absolute Gasteiger partial charge is 0.573 e. The van der Waals surface area contributed by atoms with Crippen molar-refractivity contribution in [1.29, 1.82) is 0 Å². The summed E-state index contributed by atoms with van der Waals surface area (Å²) in [4.78, 5) is 0. The van der Waals surface area contributed by atoms with Crippen molar-refractivity contribution in [2.24, 2.45) is 0 Å². The first-order valence-electron chi connectivity index (χ1n) is 5.80. The maximum absolute atomic E-state index is 14.0. The van der Waals surface area contributed by atoms with Crippen LogP contribution in [0.15, 0.2) is 42.5 Å². The topological polar surface area (TPSA) is 9.23 Å². The maximum atomic E-state index is 14.0. The molecule has 0 unspecified atom stereocenters. The summed E-state index contributed by atoms with van der Waals surface area (Å²) < 4.78 is 92.7. The van der Waals surface area contributed by atoms with Crippen molar-refractivity contribution in [1.82, 2.24) is 0 Å². The van der Waals surface area contributed by atoms with Crippen molar-refractivity contribution < 1.29 is 35.5 Å². The summed E-state index contributed by atoms with van der Waals surface area (Å²) in [6, 6.07) is 6.75. The molecule has 2 rings (SSSR count). The number of alkyl halides is 6. The Labute approximate surface area is 119 Å². The second-order valence-corrected chi connectivity index (χ2v) is 4.21. The van der Waals surface area contributed by atoms with Gasteiger partial charge in [-0.3, -0.25) is 0 Å². The minimum Gasteiger partial charge on any atom is -0.405 e. The lowest BCUT2D eigenvalue weighted by atomic mass is 10.0. The molecule has 2 aromatic rings. The third kappa shape index (κ3) is 3.49. The number of para-hydroxylation sites is 1. The summed E-state index contributed by atoms with van der Waals surface area (Å²) in [5, 5.41) is 0. The SMILES string of the molecule is Fc1c(-c2ccccc2OC(F)(F)F)cccc1C(F)(F)F. The Morgan fingerprint density at radius 3 is 1.91 bits per heavy atom. The van der Waals surface area contributed by atoms with Crippen LogP contribution in [0.4, 0.5) is 30.7 Å². The summed E-state index contributed by atoms with van der Waals surface area (Å²) >= 11 is 0. The summed E-state index contributed by atoms with van der Waals surface area (Å²) in [6.45, 7) is 0. The average molecular weight is 324 g/mol. The highest BCUT2D eigenvalue weighted by Gasteiger charge is 2.36. The standard InChI is InChI=1S/C14H7F7O/c15-12-9(5-3-6-10(12)13(16,17)18)8-4-1-2-7-11(8)22-14(19,20)21/h1-7H. The third-order valence-corrected chi connectivity index (χ3v) is 2.71. The van der Waals surface area contributed by atoms with Crippen molar-refractivity contribution in [3.63, 3.8) is 0 Å². The lowest BCUT2D eigenvalue weighted by molar-refractivity contribution is -0.274. The summed E-state index contributed by atoms with van der Waals surface area (Å²) in [5.41, 5.74) is -2.62. The molecule has 0 aromatic heterocycles. The van der Waals surface area contributed by atoms with Gasteiger partial charge in [0.1, 0.15) is 11.6 Å². The van der Waals surface area contributed by atoms with E-state index in [0.29, 0.717) is 6.07 Å². The quantitative estimate of drug-likeness (QED) is 0.671. The van der Waals surface area contributed by atoms with Gasteiger partial charge in [0.15, 0.2) is 0 Å². The summed E-state index contributed by atoms with van der Waals surface area (Å²) in [7, 11) is 0. The molecular formula is C14H7F7O. The monoisotopic (exact) mass is 324 g/mol. The average Bonchev–Trinajstić information content (AvgIpc) is 2.37. The number of ether oxygens (including phenoxy) is 1. The summed E-state index contributed by atoms with van der Waals surface area (Å²) in [6.07, 6.45) is -10.0. The van der Waals surface area contributed by atoms with E-state index in [-0.39, 0.29) is 0 Å². The third-order valence-electron chi connectivity index (χ3n) is 2.71. The van der Waals surface area contributed by atoms with Gasteiger partial charge in [-0.1, -0.05) is 30.3 Å². The first-order chi connectivity index (χ1) is 10.1. The molecule has 0 atom stereocenters. The lowest BCUT2D eigenvalue weighted by Crippen LogP contribution is -2.17. The van der Waals surface area contributed by atoms with Gasteiger partial charge in [0.05, 0.1) is 5.56 Å². The van der Waals surface area contributed by atoms with Gasteiger partial charge in [0.25, 0.3) is 0 Å². The molecule has 0 saturated heterocycles. The van der Waals surface area contributed by atoms with Crippen LogP contribution in [0.3, 0.4) is 0 Å². The molecule has 1 nitrogen and oxygen atoms in total. The highest BCUT2D eigenvalue weighted by molar-refractivity contribution is 5.71. The Bertz CT molecular complexity index is 674. The molecule has 0 aliphatic heterocycles. The molecule has 22 heavy (non-hydrogen) atoms. The molecule has 0 aliphatic rings. The molecule has 0 radical (unpaired) electrons. The van der Waals surface area contributed by atoms with Crippen LogP contribution in [0.5, 0.6) is 5.75 Å². The highest BCUT2D eigenvalue weighted by atomic mass is 19.4. The fraction of sp³-hybridized carbons (Fsp3) is 0.143. The Hall–Kier alpha value is -2.25. The van der Waals surface area contributed by atoms with Gasteiger partial charge in [0.2, 0.25) is 0 Å². The zero-order valence-electron chi connectivity index (χ0n) is 10.6. The van der Waals surface area contributed by atoms with E-state index in [1.54, 1.807) is 0 Å². The molecule has 118 valence electrons. The van der Waals surface area contributed by atoms with Crippen LogP contribution in [-0.2, 0) is 6.18 Å². The number of halogens is 7. The second-order valence-electron chi connectivity index (χ2n) is 4.21. The molecular weight excluding hydrogens is 317 g/mol. The predicted molar refractivity (Wildman–Crippen MR) is 63.5 cm³/mol. The van der Waals surface area contributed by atoms with Gasteiger partial charge in [-0.25, -0.2) is 4.39 Å². The van der Waals surface area contributed by atoms with Crippen LogP contribution >= 0.6 is 0 Å². The van der Waals surface area contributed by atoms with Gasteiger partial charge < -0.3 is 4.74 Å². The number of benzene rings is 2. The van der Waals surface area contributed by atoms with Gasteiger partial charge >= 0.3 is 12.5 Å². The molecule has 0 fully saturated rings. The van der Waals surface area contributed by atoms with Crippen LogP contribution in [0.2, 0.25) is 0 Å². The van der Waals surface area contributed by atoms with Crippen LogP contribution < -0.4 is 4.74 Å². The van der Waals surface area contributed by atoms with E-state index in [4.69, 9.17) is 0 Å². The van der Waals surface area contributed by atoms with E-state index in [1.165, 1.54) is 12.1 Å². The molecule has 0 bridgehead atoms. The van der Waals surface area contributed by atoms with E-state index in [2.05, 4.69) is 4.74 Å². The van der Waals surface area contributed by atoms with Crippen LogP contribution in [0.25, 0.3) is 11.1 Å². The number of rotatable bonds is 2. The van der Waals surface area contributed by atoms with E-state index in [0.717, 1.165) is 24.3 Å². The van der Waals surface area contributed by atoms with E-state index in [9.17, 15) is 30.7 Å². The zero-order valence-corrected chi connectivity index (χ0v) is 10.6. The molecule has 8 heteroatoms. The Kier molecular flexibility index (Phi) is 4.04. The summed E-state index contributed by atoms with van der Waals surface area (Å²) in [5.74, 6) is -2.44. The number of hydrogen-bond donors (Lipinski definition) is 0. The van der Waals surface area contributed by atoms with Crippen LogP contribution in [0, 0.1) is 5.82 Å². The van der Waals surface area contributed by atoms with E-state index < -0.39 is 40.8 Å². The minimum absolute atomic E-state index is 0.427. The molecule has 0 saturated carbocycles. The van der Waals surface area contributed by atoms with Crippen molar-refractivity contribution in [2.75, 3.05) is 0 Å². The molecule has 2 aromatic carbocycles. The zero-order chi connectivity index (χ0) is 16.5. The highest BCUT2D eigenvalue weighted by Crippen LogP contribution is 2.39. The minimum atomic E-state index is -5.05. The fourth-order valence-electron chi connectivity index (χ4n) is 1.86. The Morgan fingerprint density at radius 2 is 1.32 bits per heavy atom. The van der Waals surface area contributed by atoms with Crippen LogP contribution in [0.1, 0.15) is 5.56 Å². The van der Waals surface area contributed by atoms with Crippen molar-refractivity contribution in [3.8, 4) is 16.9 Å². The van der Waals surface area contributed by atoms with Crippen LogP contribution in [-0.4, -0.2) is 6.36 Å². The Balaban J connectivity index is 2.59. The van der Waals surface area contributed by atoms with E-state index in [1.807, 2.05) is 0 Å².